The Hall–Kier alpha value is -2.72. The van der Waals surface area contributed by atoms with Crippen LogP contribution >= 0.6 is 0 Å². The van der Waals surface area contributed by atoms with Crippen molar-refractivity contribution in [3.05, 3.63) is 36.0 Å². The van der Waals surface area contributed by atoms with Gasteiger partial charge in [-0.2, -0.15) is 15.3 Å². The fourth-order valence-corrected chi connectivity index (χ4v) is 1.85. The summed E-state index contributed by atoms with van der Waals surface area (Å²) in [6.07, 6.45) is 2.54. The van der Waals surface area contributed by atoms with Crippen molar-refractivity contribution in [2.24, 2.45) is 0 Å². The fourth-order valence-electron chi connectivity index (χ4n) is 1.85. The Labute approximate surface area is 130 Å². The van der Waals surface area contributed by atoms with Gasteiger partial charge in [-0.15, -0.1) is 5.10 Å². The van der Waals surface area contributed by atoms with Gasteiger partial charge in [-0.25, -0.2) is 0 Å². The molecule has 7 nitrogen and oxygen atoms in total. The Morgan fingerprint density at radius 2 is 2.18 bits per heavy atom. The number of nitrogens with one attached hydrogen (secondary N) is 2. The first-order chi connectivity index (χ1) is 10.7. The molecule has 0 aliphatic heterocycles. The fraction of sp³-hybridized carbons (Fsp3) is 0.333. The zero-order valence-electron chi connectivity index (χ0n) is 12.7. The number of hydrogen-bond donors (Lipinski definition) is 2. The molecule has 0 fully saturated rings. The van der Waals surface area contributed by atoms with Crippen LogP contribution in [-0.4, -0.2) is 47.3 Å². The van der Waals surface area contributed by atoms with E-state index in [2.05, 4.69) is 36.8 Å². The maximum atomic E-state index is 8.90. The molecule has 2 N–H and O–H groups in total. The predicted octanol–water partition coefficient (Wildman–Crippen LogP) is 1.85. The van der Waals surface area contributed by atoms with Crippen LogP contribution in [0.5, 0.6) is 0 Å². The number of nitrogens with zero attached hydrogens (tertiary/aromatic N) is 5. The van der Waals surface area contributed by atoms with E-state index < -0.39 is 0 Å². The van der Waals surface area contributed by atoms with Gasteiger partial charge in [0.05, 0.1) is 17.8 Å². The van der Waals surface area contributed by atoms with Gasteiger partial charge in [-0.1, -0.05) is 6.07 Å². The van der Waals surface area contributed by atoms with Crippen LogP contribution in [0.25, 0.3) is 0 Å². The van der Waals surface area contributed by atoms with E-state index in [1.807, 2.05) is 26.2 Å². The molecule has 1 aromatic heterocycles. The summed E-state index contributed by atoms with van der Waals surface area (Å²) >= 11 is 0. The van der Waals surface area contributed by atoms with E-state index in [1.54, 1.807) is 18.3 Å². The summed E-state index contributed by atoms with van der Waals surface area (Å²) in [5, 5.41) is 23.0. The first kappa shape index (κ1) is 15.7. The molecule has 2 aromatic rings. The lowest BCUT2D eigenvalue weighted by Gasteiger charge is -2.10. The van der Waals surface area contributed by atoms with E-state index in [9.17, 15) is 0 Å². The molecule has 0 unspecified atom stereocenters. The summed E-state index contributed by atoms with van der Waals surface area (Å²) in [7, 11) is 4.08. The Bertz CT molecular complexity index is 648. The number of anilines is 3. The van der Waals surface area contributed by atoms with Crippen LogP contribution in [0.1, 0.15) is 12.0 Å². The standard InChI is InChI=1S/C15H19N7/c1-22(2)8-4-7-17-15-20-14(11-18-21-15)19-13-6-3-5-12(9-13)10-16/h3,5-6,9,11H,4,7-8H2,1-2H3,(H2,17,19,20,21). The van der Waals surface area contributed by atoms with Crippen LogP contribution in [-0.2, 0) is 0 Å². The highest BCUT2D eigenvalue weighted by atomic mass is 15.3. The Morgan fingerprint density at radius 3 is 2.95 bits per heavy atom. The van der Waals surface area contributed by atoms with Crippen molar-refractivity contribution in [2.75, 3.05) is 37.8 Å². The zero-order valence-corrected chi connectivity index (χ0v) is 12.7. The van der Waals surface area contributed by atoms with Crippen LogP contribution in [0.15, 0.2) is 30.5 Å². The third-order valence-electron chi connectivity index (χ3n) is 2.89. The first-order valence-corrected chi connectivity index (χ1v) is 7.03. The summed E-state index contributed by atoms with van der Waals surface area (Å²) < 4.78 is 0. The van der Waals surface area contributed by atoms with Crippen LogP contribution < -0.4 is 10.6 Å². The van der Waals surface area contributed by atoms with Gasteiger partial charge in [-0.3, -0.25) is 0 Å². The van der Waals surface area contributed by atoms with E-state index in [1.165, 1.54) is 0 Å². The third-order valence-corrected chi connectivity index (χ3v) is 2.89. The molecule has 0 spiro atoms. The molecule has 0 aliphatic carbocycles. The van der Waals surface area contributed by atoms with Crippen molar-refractivity contribution in [2.45, 2.75) is 6.42 Å². The number of hydrogen-bond acceptors (Lipinski definition) is 7. The second-order valence-electron chi connectivity index (χ2n) is 5.07. The van der Waals surface area contributed by atoms with Gasteiger partial charge in [0, 0.05) is 12.2 Å². The van der Waals surface area contributed by atoms with Crippen LogP contribution in [0.3, 0.4) is 0 Å². The molecule has 22 heavy (non-hydrogen) atoms. The van der Waals surface area contributed by atoms with Gasteiger partial charge in [-0.05, 0) is 45.3 Å². The summed E-state index contributed by atoms with van der Waals surface area (Å²) in [5.74, 6) is 1.07. The quantitative estimate of drug-likeness (QED) is 0.754. The van der Waals surface area contributed by atoms with Gasteiger partial charge in [0.15, 0.2) is 5.82 Å². The number of aromatic nitrogens is 3. The molecule has 0 atom stereocenters. The molecular formula is C15H19N7. The highest BCUT2D eigenvalue weighted by molar-refractivity contribution is 5.58. The second-order valence-corrected chi connectivity index (χ2v) is 5.07. The van der Waals surface area contributed by atoms with Crippen LogP contribution in [0.2, 0.25) is 0 Å². The number of benzene rings is 1. The van der Waals surface area contributed by atoms with Crippen LogP contribution in [0.4, 0.5) is 17.5 Å². The molecule has 114 valence electrons. The summed E-state index contributed by atoms with van der Waals surface area (Å²) in [4.78, 5) is 6.47. The molecule has 0 radical (unpaired) electrons. The largest absolute Gasteiger partial charge is 0.353 e. The van der Waals surface area contributed by atoms with Crippen LogP contribution in [0, 0.1) is 11.3 Å². The summed E-state index contributed by atoms with van der Waals surface area (Å²) in [6.45, 7) is 1.78. The Morgan fingerprint density at radius 1 is 1.32 bits per heavy atom. The molecule has 0 saturated carbocycles. The number of nitriles is 1. The third kappa shape index (κ3) is 5.00. The van der Waals surface area contributed by atoms with Gasteiger partial charge >= 0.3 is 0 Å². The smallest absolute Gasteiger partial charge is 0.244 e. The van der Waals surface area contributed by atoms with Crippen molar-refractivity contribution < 1.29 is 0 Å². The molecule has 7 heteroatoms. The maximum Gasteiger partial charge on any atom is 0.244 e. The van der Waals surface area contributed by atoms with E-state index in [0.717, 1.165) is 25.2 Å². The van der Waals surface area contributed by atoms with E-state index in [4.69, 9.17) is 5.26 Å². The lowest BCUT2D eigenvalue weighted by molar-refractivity contribution is 0.405. The molecule has 0 bridgehead atoms. The average molecular weight is 297 g/mol. The molecule has 2 rings (SSSR count). The molecule has 1 aromatic carbocycles. The highest BCUT2D eigenvalue weighted by Gasteiger charge is 2.02. The minimum atomic E-state index is 0.486. The minimum Gasteiger partial charge on any atom is -0.353 e. The average Bonchev–Trinajstić information content (AvgIpc) is 2.52. The SMILES string of the molecule is CN(C)CCCNc1nncc(Nc2cccc(C#N)c2)n1. The predicted molar refractivity (Wildman–Crippen MR) is 85.9 cm³/mol. The molecule has 0 saturated heterocycles. The molecule has 0 amide bonds. The van der Waals surface area contributed by atoms with Gasteiger partial charge < -0.3 is 15.5 Å². The topological polar surface area (TPSA) is 89.8 Å². The van der Waals surface area contributed by atoms with Crippen molar-refractivity contribution in [3.63, 3.8) is 0 Å². The summed E-state index contributed by atoms with van der Waals surface area (Å²) in [5.41, 5.74) is 1.38. The lowest BCUT2D eigenvalue weighted by Crippen LogP contribution is -2.17. The van der Waals surface area contributed by atoms with Crippen molar-refractivity contribution in [1.82, 2.24) is 20.1 Å². The van der Waals surface area contributed by atoms with Crippen molar-refractivity contribution >= 4 is 17.5 Å². The number of rotatable bonds is 7. The molecule has 1 heterocycles. The summed E-state index contributed by atoms with van der Waals surface area (Å²) in [6, 6.07) is 9.29. The van der Waals surface area contributed by atoms with Crippen molar-refractivity contribution in [3.8, 4) is 6.07 Å². The lowest BCUT2D eigenvalue weighted by atomic mass is 10.2. The monoisotopic (exact) mass is 297 g/mol. The van der Waals surface area contributed by atoms with E-state index in [0.29, 0.717) is 17.3 Å². The minimum absolute atomic E-state index is 0.486. The first-order valence-electron chi connectivity index (χ1n) is 7.03. The van der Waals surface area contributed by atoms with Gasteiger partial charge in [0.25, 0.3) is 0 Å². The van der Waals surface area contributed by atoms with E-state index in [-0.39, 0.29) is 0 Å². The zero-order chi connectivity index (χ0) is 15.8. The Kier molecular flexibility index (Phi) is 5.63. The molecule has 0 aliphatic rings. The highest BCUT2D eigenvalue weighted by Crippen LogP contribution is 2.15. The van der Waals surface area contributed by atoms with Crippen molar-refractivity contribution in [1.29, 1.82) is 5.26 Å². The normalized spacial score (nSPS) is 10.3. The van der Waals surface area contributed by atoms with Gasteiger partial charge in [0.1, 0.15) is 0 Å². The Balaban J connectivity index is 1.94. The van der Waals surface area contributed by atoms with Gasteiger partial charge in [0.2, 0.25) is 5.95 Å². The molecular weight excluding hydrogens is 278 g/mol. The maximum absolute atomic E-state index is 8.90. The second kappa shape index (κ2) is 7.90. The van der Waals surface area contributed by atoms with E-state index >= 15 is 0 Å².